The Kier molecular flexibility index (Phi) is 5.37. The lowest BCUT2D eigenvalue weighted by atomic mass is 9.98. The average Bonchev–Trinajstić information content (AvgIpc) is 3.37. The van der Waals surface area contributed by atoms with Gasteiger partial charge < -0.3 is 10.6 Å². The molecule has 0 amide bonds. The van der Waals surface area contributed by atoms with Gasteiger partial charge in [-0.25, -0.2) is 19.3 Å². The van der Waals surface area contributed by atoms with Crippen LogP contribution in [0.15, 0.2) is 40.6 Å². The maximum atomic E-state index is 13.2. The van der Waals surface area contributed by atoms with E-state index in [-0.39, 0.29) is 17.0 Å². The molecule has 0 atom stereocenters. The second-order valence-corrected chi connectivity index (χ2v) is 10.8. The third kappa shape index (κ3) is 3.98. The average molecular weight is 463 g/mol. The van der Waals surface area contributed by atoms with E-state index in [1.165, 1.54) is 11.1 Å². The fourth-order valence-electron chi connectivity index (χ4n) is 4.29. The smallest absolute Gasteiger partial charge is 0.276 e. The lowest BCUT2D eigenvalue weighted by Gasteiger charge is -2.18. The van der Waals surface area contributed by atoms with Crippen LogP contribution >= 0.6 is 11.3 Å². The van der Waals surface area contributed by atoms with Crippen molar-refractivity contribution in [1.82, 2.24) is 24.6 Å². The minimum atomic E-state index is -0.0505. The van der Waals surface area contributed by atoms with Crippen molar-refractivity contribution in [1.29, 1.82) is 0 Å². The van der Waals surface area contributed by atoms with Crippen molar-refractivity contribution in [3.8, 4) is 5.82 Å². The Morgan fingerprint density at radius 1 is 1.18 bits per heavy atom. The number of benzene rings is 1. The van der Waals surface area contributed by atoms with E-state index in [9.17, 15) is 4.79 Å². The molecule has 0 fully saturated rings. The van der Waals surface area contributed by atoms with Gasteiger partial charge in [-0.05, 0) is 50.1 Å². The summed E-state index contributed by atoms with van der Waals surface area (Å²) in [5.74, 6) is 1.47. The molecule has 1 aliphatic heterocycles. The Hall–Kier alpha value is -2.97. The van der Waals surface area contributed by atoms with Gasteiger partial charge in [-0.3, -0.25) is 4.79 Å². The molecule has 3 aromatic heterocycles. The topological polar surface area (TPSA) is 76.8 Å². The summed E-state index contributed by atoms with van der Waals surface area (Å²) in [6, 6.07) is 8.38. The normalized spacial score (nSPS) is 14.1. The van der Waals surface area contributed by atoms with Gasteiger partial charge in [0.15, 0.2) is 5.82 Å². The summed E-state index contributed by atoms with van der Waals surface area (Å²) in [6.07, 6.45) is 2.70. The summed E-state index contributed by atoms with van der Waals surface area (Å²) in [5, 5.41) is 10.5. The molecule has 5 rings (SSSR count). The van der Waals surface area contributed by atoms with E-state index >= 15 is 0 Å². The molecular weight excluding hydrogens is 432 g/mol. The van der Waals surface area contributed by atoms with Crippen LogP contribution in [0.5, 0.6) is 0 Å². The molecule has 33 heavy (non-hydrogen) atoms. The van der Waals surface area contributed by atoms with E-state index < -0.39 is 0 Å². The number of anilines is 2. The Bertz CT molecular complexity index is 1390. The highest BCUT2D eigenvalue weighted by Crippen LogP contribution is 2.30. The molecular formula is C25H30N6OS. The minimum Gasteiger partial charge on any atom is -0.340 e. The van der Waals surface area contributed by atoms with Gasteiger partial charge in [0, 0.05) is 41.3 Å². The van der Waals surface area contributed by atoms with Gasteiger partial charge in [-0.2, -0.15) is 0 Å². The van der Waals surface area contributed by atoms with E-state index in [2.05, 4.69) is 54.6 Å². The maximum Gasteiger partial charge on any atom is 0.276 e. The largest absolute Gasteiger partial charge is 0.340 e. The van der Waals surface area contributed by atoms with Gasteiger partial charge >= 0.3 is 0 Å². The number of nitrogens with zero attached hydrogens (tertiary/aromatic N) is 4. The summed E-state index contributed by atoms with van der Waals surface area (Å²) < 4.78 is 3.71. The monoisotopic (exact) mass is 462 g/mol. The second-order valence-electron chi connectivity index (χ2n) is 9.94. The van der Waals surface area contributed by atoms with Crippen molar-refractivity contribution < 1.29 is 0 Å². The van der Waals surface area contributed by atoms with Crippen LogP contribution in [0, 0.1) is 0 Å². The standard InChI is InChI=1S/C25H30N6OS/c1-15(2)30-23(32)19-13-27-21(28-18-7-6-17-12-26-9-8-16(17)10-18)11-20(19)31(30)22-14-33-24(29-22)25(3,4)5/h6-7,10-11,13-15,26H,8-9,12H2,1-5H3,(H,27,28). The van der Waals surface area contributed by atoms with E-state index in [1.54, 1.807) is 22.2 Å². The predicted octanol–water partition coefficient (Wildman–Crippen LogP) is 4.91. The summed E-state index contributed by atoms with van der Waals surface area (Å²) >= 11 is 1.63. The molecule has 0 bridgehead atoms. The van der Waals surface area contributed by atoms with Crippen LogP contribution in [-0.4, -0.2) is 25.9 Å². The van der Waals surface area contributed by atoms with E-state index in [0.717, 1.165) is 41.5 Å². The number of aromatic nitrogens is 4. The first-order valence-corrected chi connectivity index (χ1v) is 12.3. The highest BCUT2D eigenvalue weighted by atomic mass is 32.1. The van der Waals surface area contributed by atoms with Gasteiger partial charge in [0.1, 0.15) is 10.8 Å². The SMILES string of the molecule is CC(C)n1c(=O)c2cnc(Nc3ccc4c(c3)CCNC4)cc2n1-c1csc(C(C)(C)C)n1. The molecule has 0 unspecified atom stereocenters. The van der Waals surface area contributed by atoms with Crippen LogP contribution in [0.4, 0.5) is 11.5 Å². The number of nitrogens with one attached hydrogen (secondary N) is 2. The minimum absolute atomic E-state index is 0.0182. The second kappa shape index (κ2) is 8.11. The zero-order chi connectivity index (χ0) is 23.3. The van der Waals surface area contributed by atoms with Crippen molar-refractivity contribution in [3.63, 3.8) is 0 Å². The van der Waals surface area contributed by atoms with Crippen LogP contribution in [0.3, 0.4) is 0 Å². The zero-order valence-electron chi connectivity index (χ0n) is 19.8. The van der Waals surface area contributed by atoms with Crippen LogP contribution < -0.4 is 16.2 Å². The van der Waals surface area contributed by atoms with Gasteiger partial charge in [0.05, 0.1) is 10.9 Å². The predicted molar refractivity (Wildman–Crippen MR) is 135 cm³/mol. The number of pyridine rings is 1. The fraction of sp³-hybridized carbons (Fsp3) is 0.400. The number of rotatable bonds is 4. The van der Waals surface area contributed by atoms with E-state index in [1.807, 2.05) is 30.0 Å². The van der Waals surface area contributed by atoms with Crippen LogP contribution in [0.25, 0.3) is 16.7 Å². The summed E-state index contributed by atoms with van der Waals surface area (Å²) in [5.41, 5.74) is 4.41. The lowest BCUT2D eigenvalue weighted by Crippen LogP contribution is -2.24. The molecule has 1 aliphatic rings. The van der Waals surface area contributed by atoms with Gasteiger partial charge in [-0.1, -0.05) is 26.8 Å². The number of fused-ring (bicyclic) bond motifs is 2. The van der Waals surface area contributed by atoms with Crippen molar-refractivity contribution >= 4 is 33.7 Å². The molecule has 172 valence electrons. The lowest BCUT2D eigenvalue weighted by molar-refractivity contribution is 0.472. The van der Waals surface area contributed by atoms with E-state index in [4.69, 9.17) is 4.98 Å². The van der Waals surface area contributed by atoms with Crippen molar-refractivity contribution in [2.75, 3.05) is 11.9 Å². The van der Waals surface area contributed by atoms with Gasteiger partial charge in [-0.15, -0.1) is 11.3 Å². The van der Waals surface area contributed by atoms with Crippen LogP contribution in [0.2, 0.25) is 0 Å². The summed E-state index contributed by atoms with van der Waals surface area (Å²) in [4.78, 5) is 22.7. The molecule has 0 spiro atoms. The number of thiazole rings is 1. The zero-order valence-corrected chi connectivity index (χ0v) is 20.6. The van der Waals surface area contributed by atoms with Crippen molar-refractivity contribution in [3.05, 3.63) is 62.3 Å². The Balaban J connectivity index is 1.61. The molecule has 4 aromatic rings. The van der Waals surface area contributed by atoms with Crippen molar-refractivity contribution in [2.45, 2.75) is 59.0 Å². The fourth-order valence-corrected chi connectivity index (χ4v) is 5.16. The van der Waals surface area contributed by atoms with Gasteiger partial charge in [0.2, 0.25) is 0 Å². The first kappa shape index (κ1) is 21.9. The molecule has 0 saturated heterocycles. The van der Waals surface area contributed by atoms with Crippen LogP contribution in [0.1, 0.15) is 56.8 Å². The number of hydrogen-bond acceptors (Lipinski definition) is 6. The van der Waals surface area contributed by atoms with Gasteiger partial charge in [0.25, 0.3) is 5.56 Å². The molecule has 1 aromatic carbocycles. The Morgan fingerprint density at radius 3 is 2.73 bits per heavy atom. The molecule has 8 heteroatoms. The highest BCUT2D eigenvalue weighted by molar-refractivity contribution is 7.10. The summed E-state index contributed by atoms with van der Waals surface area (Å²) in [7, 11) is 0. The Morgan fingerprint density at radius 2 is 2.00 bits per heavy atom. The van der Waals surface area contributed by atoms with Crippen molar-refractivity contribution in [2.24, 2.45) is 0 Å². The van der Waals surface area contributed by atoms with E-state index in [0.29, 0.717) is 11.2 Å². The molecule has 2 N–H and O–H groups in total. The first-order valence-electron chi connectivity index (χ1n) is 11.4. The molecule has 0 saturated carbocycles. The highest BCUT2D eigenvalue weighted by Gasteiger charge is 2.23. The van der Waals surface area contributed by atoms with Crippen LogP contribution in [-0.2, 0) is 18.4 Å². The molecule has 7 nitrogen and oxygen atoms in total. The third-order valence-electron chi connectivity index (χ3n) is 5.97. The maximum absolute atomic E-state index is 13.2. The molecule has 4 heterocycles. The molecule has 0 radical (unpaired) electrons. The molecule has 0 aliphatic carbocycles. The third-order valence-corrected chi connectivity index (χ3v) is 7.22. The Labute approximate surface area is 197 Å². The number of hydrogen-bond donors (Lipinski definition) is 2. The first-order chi connectivity index (χ1) is 15.7. The summed E-state index contributed by atoms with van der Waals surface area (Å²) in [6.45, 7) is 12.4. The quantitative estimate of drug-likeness (QED) is 0.451.